The first-order valence-electron chi connectivity index (χ1n) is 14.7. The van der Waals surface area contributed by atoms with Crippen LogP contribution in [0.5, 0.6) is 17.2 Å². The van der Waals surface area contributed by atoms with Crippen molar-refractivity contribution in [2.24, 2.45) is 11.7 Å². The molecule has 1 aromatic heterocycles. The number of likely N-dealkylation sites (tertiary alicyclic amines) is 1. The van der Waals surface area contributed by atoms with Crippen molar-refractivity contribution in [3.8, 4) is 17.2 Å². The van der Waals surface area contributed by atoms with Gasteiger partial charge in [0.2, 0.25) is 11.7 Å². The number of pyridine rings is 1. The third-order valence-corrected chi connectivity index (χ3v) is 10.4. The number of amides is 2. The number of aromatic nitrogens is 1. The Kier molecular flexibility index (Phi) is 10.8. The fourth-order valence-corrected chi connectivity index (χ4v) is 8.03. The number of primary amides is 1. The fourth-order valence-electron chi connectivity index (χ4n) is 7.73. The summed E-state index contributed by atoms with van der Waals surface area (Å²) in [4.78, 5) is 35.0. The molecule has 4 atom stereocenters. The molecule has 4 unspecified atom stereocenters. The van der Waals surface area contributed by atoms with E-state index >= 15 is 0 Å². The summed E-state index contributed by atoms with van der Waals surface area (Å²) in [5.41, 5.74) is 6.33. The van der Waals surface area contributed by atoms with Crippen molar-refractivity contribution in [2.45, 2.75) is 43.1 Å². The first-order chi connectivity index (χ1) is 21.2. The van der Waals surface area contributed by atoms with E-state index in [9.17, 15) is 9.59 Å². The largest absolute Gasteiger partial charge is 0.493 e. The lowest BCUT2D eigenvalue weighted by atomic mass is 9.51. The summed E-state index contributed by atoms with van der Waals surface area (Å²) in [6.07, 6.45) is 4.97. The van der Waals surface area contributed by atoms with E-state index in [-0.39, 0.29) is 37.2 Å². The van der Waals surface area contributed by atoms with Gasteiger partial charge >= 0.3 is 0 Å². The molecule has 12 heteroatoms. The summed E-state index contributed by atoms with van der Waals surface area (Å²) in [5.74, 6) is -0.120. The first kappa shape index (κ1) is 34.6. The minimum atomic E-state index is -1.18. The van der Waals surface area contributed by atoms with Gasteiger partial charge in [-0.05, 0) is 79.3 Å². The minimum absolute atomic E-state index is 0. The van der Waals surface area contributed by atoms with Gasteiger partial charge in [0.05, 0.1) is 42.3 Å². The van der Waals surface area contributed by atoms with Crippen molar-refractivity contribution in [1.29, 1.82) is 0 Å². The van der Waals surface area contributed by atoms with E-state index in [1.165, 1.54) is 21.3 Å². The predicted molar refractivity (Wildman–Crippen MR) is 177 cm³/mol. The Morgan fingerprint density at radius 3 is 2.20 bits per heavy atom. The number of hydrogen-bond donors (Lipinski definition) is 2. The third kappa shape index (κ3) is 5.69. The molecule has 0 saturated carbocycles. The normalized spacial score (nSPS) is 24.4. The molecule has 0 aliphatic carbocycles. The zero-order chi connectivity index (χ0) is 31.6. The Bertz CT molecular complexity index is 1510. The maximum absolute atomic E-state index is 14.9. The second-order valence-corrected chi connectivity index (χ2v) is 12.1. The van der Waals surface area contributed by atoms with Gasteiger partial charge in [-0.15, -0.1) is 12.4 Å². The molecule has 0 radical (unpaired) electrons. The molecule has 2 fully saturated rings. The maximum atomic E-state index is 14.9. The van der Waals surface area contributed by atoms with Crippen molar-refractivity contribution in [3.05, 3.63) is 81.6 Å². The first-order valence-corrected chi connectivity index (χ1v) is 15.4. The number of carbonyl (C=O) groups is 2. The average Bonchev–Trinajstić information content (AvgIpc) is 3.60. The lowest BCUT2D eigenvalue weighted by Crippen LogP contribution is -2.70. The Hall–Kier alpha value is -3.24. The second-order valence-electron chi connectivity index (χ2n) is 11.3. The summed E-state index contributed by atoms with van der Waals surface area (Å²) >= 11 is 13.1. The Labute approximate surface area is 280 Å². The highest BCUT2D eigenvalue weighted by Gasteiger charge is 2.64. The van der Waals surface area contributed by atoms with E-state index in [1.54, 1.807) is 30.6 Å². The van der Waals surface area contributed by atoms with Gasteiger partial charge in [-0.2, -0.15) is 0 Å². The highest BCUT2D eigenvalue weighted by atomic mass is 35.5. The molecule has 9 nitrogen and oxygen atoms in total. The zero-order valence-electron chi connectivity index (χ0n) is 25.8. The molecule has 5 rings (SSSR count). The van der Waals surface area contributed by atoms with Gasteiger partial charge in [0.25, 0.3) is 5.91 Å². The lowest BCUT2D eigenvalue weighted by molar-refractivity contribution is -0.131. The van der Waals surface area contributed by atoms with Crippen LogP contribution in [0.15, 0.2) is 54.9 Å². The van der Waals surface area contributed by atoms with Gasteiger partial charge in [-0.25, -0.2) is 0 Å². The van der Waals surface area contributed by atoms with Crippen LogP contribution in [0, 0.1) is 5.92 Å². The van der Waals surface area contributed by atoms with Crippen LogP contribution in [0.2, 0.25) is 10.0 Å². The number of nitrogens with two attached hydrogens (primary N) is 1. The molecule has 0 spiro atoms. The number of benzene rings is 2. The van der Waals surface area contributed by atoms with Crippen molar-refractivity contribution in [1.82, 2.24) is 15.2 Å². The number of carbonyl (C=O) groups excluding carboxylic acids is 2. The van der Waals surface area contributed by atoms with Gasteiger partial charge in [0, 0.05) is 37.0 Å². The Balaban J connectivity index is 0.00000461. The summed E-state index contributed by atoms with van der Waals surface area (Å²) in [7, 11) is 4.55. The van der Waals surface area contributed by atoms with Gasteiger partial charge in [-0.3, -0.25) is 14.6 Å². The van der Waals surface area contributed by atoms with E-state index in [0.717, 1.165) is 24.1 Å². The Morgan fingerprint density at radius 1 is 1.02 bits per heavy atom. The summed E-state index contributed by atoms with van der Waals surface area (Å²) in [5, 5.41) is 4.26. The molecule has 3 aromatic rings. The van der Waals surface area contributed by atoms with Crippen LogP contribution in [0.1, 0.15) is 53.6 Å². The predicted octanol–water partition coefficient (Wildman–Crippen LogP) is 5.65. The number of methoxy groups -OCH3 is 3. The van der Waals surface area contributed by atoms with Gasteiger partial charge in [0.1, 0.15) is 0 Å². The van der Waals surface area contributed by atoms with E-state index in [0.29, 0.717) is 45.8 Å². The summed E-state index contributed by atoms with van der Waals surface area (Å²) < 4.78 is 16.7. The molecule has 3 N–H and O–H groups in total. The molecule has 2 aliphatic rings. The van der Waals surface area contributed by atoms with E-state index in [1.807, 2.05) is 29.2 Å². The second kappa shape index (κ2) is 14.0. The number of nitrogens with one attached hydrogen (secondary N) is 1. The van der Waals surface area contributed by atoms with Crippen LogP contribution in [-0.4, -0.2) is 68.2 Å². The molecular weight excluding hydrogens is 639 g/mol. The number of rotatable bonds is 9. The minimum Gasteiger partial charge on any atom is -0.493 e. The van der Waals surface area contributed by atoms with Gasteiger partial charge in [-0.1, -0.05) is 36.2 Å². The fraction of sp³-hybridized carbons (Fsp3) is 0.424. The molecule has 2 aliphatic heterocycles. The number of nitrogens with zero attached hydrogens (tertiary/aromatic N) is 2. The molecule has 2 amide bonds. The van der Waals surface area contributed by atoms with E-state index in [2.05, 4.69) is 17.2 Å². The summed E-state index contributed by atoms with van der Waals surface area (Å²) in [6.45, 7) is 3.80. The molecule has 2 saturated heterocycles. The molecular formula is C33H39Cl3N4O5. The molecule has 0 bridgehead atoms. The number of hydrogen-bond acceptors (Lipinski definition) is 7. The average molecular weight is 678 g/mol. The quantitative estimate of drug-likeness (QED) is 0.301. The monoisotopic (exact) mass is 676 g/mol. The van der Waals surface area contributed by atoms with Crippen LogP contribution in [-0.2, 0) is 10.2 Å². The van der Waals surface area contributed by atoms with Crippen LogP contribution in [0.4, 0.5) is 0 Å². The van der Waals surface area contributed by atoms with Crippen molar-refractivity contribution in [3.63, 3.8) is 0 Å². The number of halogens is 3. The SMILES string of the molecule is CCC1(C2CCNC2)C(c2ccc(Cl)c(Cl)c2)C(C(N)=O)(c2ccncc2)CCN1C(=O)c1cc(OC)c(OC)c(OC)c1.Cl. The summed E-state index contributed by atoms with van der Waals surface area (Å²) in [6, 6.07) is 12.5. The van der Waals surface area contributed by atoms with Gasteiger partial charge < -0.3 is 30.2 Å². The molecule has 2 aromatic carbocycles. The number of ether oxygens (including phenoxy) is 3. The van der Waals surface area contributed by atoms with Crippen molar-refractivity contribution < 1.29 is 23.8 Å². The van der Waals surface area contributed by atoms with Gasteiger partial charge in [0.15, 0.2) is 11.5 Å². The zero-order valence-corrected chi connectivity index (χ0v) is 28.1. The standard InChI is InChI=1S/C33H38Cl2N4O5.ClH/c1-5-33(23-10-14-38-19-23)29(20-6-7-24(34)25(35)16-20)32(31(36)41,22-8-12-37-13-9-22)11-15-39(33)30(40)21-17-26(42-2)28(44-4)27(18-21)43-3;/h6-9,12-13,16-18,23,29,38H,5,10-11,14-15,19H2,1-4H3,(H2,36,41);1H. The molecule has 45 heavy (non-hydrogen) atoms. The molecule has 242 valence electrons. The highest BCUT2D eigenvalue weighted by molar-refractivity contribution is 6.42. The van der Waals surface area contributed by atoms with Crippen molar-refractivity contribution in [2.75, 3.05) is 41.0 Å². The number of piperidine rings is 1. The lowest BCUT2D eigenvalue weighted by Gasteiger charge is -2.61. The van der Waals surface area contributed by atoms with E-state index < -0.39 is 22.8 Å². The topological polar surface area (TPSA) is 116 Å². The van der Waals surface area contributed by atoms with Crippen molar-refractivity contribution >= 4 is 47.4 Å². The maximum Gasteiger partial charge on any atom is 0.254 e. The third-order valence-electron chi connectivity index (χ3n) is 9.63. The highest BCUT2D eigenvalue weighted by Crippen LogP contribution is 2.59. The van der Waals surface area contributed by atoms with Crippen LogP contribution < -0.4 is 25.3 Å². The van der Waals surface area contributed by atoms with Crippen LogP contribution in [0.3, 0.4) is 0 Å². The molecule has 3 heterocycles. The Morgan fingerprint density at radius 2 is 1.69 bits per heavy atom. The van der Waals surface area contributed by atoms with Crippen LogP contribution in [0.25, 0.3) is 0 Å². The smallest absolute Gasteiger partial charge is 0.254 e. The van der Waals surface area contributed by atoms with E-state index in [4.69, 9.17) is 43.1 Å². The van der Waals surface area contributed by atoms with Crippen LogP contribution >= 0.6 is 35.6 Å².